The normalized spacial score (nSPS) is 18.6. The first-order valence-electron chi connectivity index (χ1n) is 5.40. The van der Waals surface area contributed by atoms with E-state index in [2.05, 4.69) is 34.5 Å². The lowest BCUT2D eigenvalue weighted by Gasteiger charge is -2.09. The van der Waals surface area contributed by atoms with Crippen LogP contribution in [0.4, 0.5) is 0 Å². The van der Waals surface area contributed by atoms with Gasteiger partial charge in [-0.25, -0.2) is 0 Å². The Morgan fingerprint density at radius 2 is 2.31 bits per heavy atom. The molecule has 0 bridgehead atoms. The van der Waals surface area contributed by atoms with Gasteiger partial charge in [-0.05, 0) is 29.9 Å². The van der Waals surface area contributed by atoms with Crippen LogP contribution in [0, 0.1) is 0 Å². The van der Waals surface area contributed by atoms with Crippen LogP contribution in [-0.4, -0.2) is 16.0 Å². The second-order valence-electron chi connectivity index (χ2n) is 3.95. The molecule has 0 amide bonds. The molecule has 82 valence electrons. The van der Waals surface area contributed by atoms with Crippen molar-refractivity contribution in [1.29, 1.82) is 0 Å². The number of rotatable bonds is 3. The summed E-state index contributed by atoms with van der Waals surface area (Å²) in [5, 5.41) is 7.92. The van der Waals surface area contributed by atoms with Crippen LogP contribution in [0.1, 0.15) is 23.5 Å². The molecule has 0 N–H and O–H groups in total. The second kappa shape index (κ2) is 4.55. The van der Waals surface area contributed by atoms with E-state index >= 15 is 0 Å². The fourth-order valence-electron chi connectivity index (χ4n) is 2.22. The average molecular weight is 248 g/mol. The first kappa shape index (κ1) is 10.3. The molecule has 3 rings (SSSR count). The van der Waals surface area contributed by atoms with Crippen LogP contribution >= 0.6 is 23.1 Å². The largest absolute Gasteiger partial charge is 0.174 e. The van der Waals surface area contributed by atoms with Crippen molar-refractivity contribution in [2.45, 2.75) is 23.1 Å². The summed E-state index contributed by atoms with van der Waals surface area (Å²) in [6, 6.07) is 8.81. The van der Waals surface area contributed by atoms with Crippen molar-refractivity contribution >= 4 is 23.1 Å². The zero-order valence-corrected chi connectivity index (χ0v) is 10.4. The van der Waals surface area contributed by atoms with Crippen molar-refractivity contribution < 1.29 is 0 Å². The number of hydrogen-bond acceptors (Lipinski definition) is 4. The van der Waals surface area contributed by atoms with Gasteiger partial charge in [-0.15, -0.1) is 10.2 Å². The highest BCUT2D eigenvalue weighted by atomic mass is 32.2. The van der Waals surface area contributed by atoms with Crippen molar-refractivity contribution in [3.63, 3.8) is 0 Å². The van der Waals surface area contributed by atoms with Gasteiger partial charge in [0.25, 0.3) is 0 Å². The fraction of sp³-hybridized carbons (Fsp3) is 0.333. The number of benzene rings is 1. The molecule has 1 heterocycles. The molecule has 0 aliphatic heterocycles. The van der Waals surface area contributed by atoms with Crippen LogP contribution in [0.2, 0.25) is 0 Å². The monoisotopic (exact) mass is 248 g/mol. The quantitative estimate of drug-likeness (QED) is 0.779. The zero-order valence-electron chi connectivity index (χ0n) is 8.80. The Kier molecular flexibility index (Phi) is 2.93. The van der Waals surface area contributed by atoms with E-state index in [0.717, 1.165) is 10.1 Å². The van der Waals surface area contributed by atoms with Gasteiger partial charge in [0.1, 0.15) is 5.51 Å². The van der Waals surface area contributed by atoms with E-state index in [1.54, 1.807) is 22.4 Å². The Bertz CT molecular complexity index is 468. The molecule has 0 fully saturated rings. The van der Waals surface area contributed by atoms with Crippen LogP contribution in [-0.2, 0) is 6.42 Å². The van der Waals surface area contributed by atoms with Crippen LogP contribution < -0.4 is 0 Å². The third kappa shape index (κ3) is 1.99. The molecule has 2 nitrogen and oxygen atoms in total. The first-order chi connectivity index (χ1) is 7.93. The summed E-state index contributed by atoms with van der Waals surface area (Å²) in [5.74, 6) is 1.83. The van der Waals surface area contributed by atoms with E-state index in [1.165, 1.54) is 18.4 Å². The molecule has 1 unspecified atom stereocenters. The molecule has 0 saturated carbocycles. The Balaban J connectivity index is 1.69. The topological polar surface area (TPSA) is 25.8 Å². The van der Waals surface area contributed by atoms with E-state index < -0.39 is 0 Å². The Morgan fingerprint density at radius 1 is 1.38 bits per heavy atom. The molecule has 1 aliphatic carbocycles. The molecule has 1 aliphatic rings. The highest BCUT2D eigenvalue weighted by Gasteiger charge is 2.22. The van der Waals surface area contributed by atoms with E-state index in [4.69, 9.17) is 0 Å². The lowest BCUT2D eigenvalue weighted by molar-refractivity contribution is 0.757. The molecule has 0 spiro atoms. The van der Waals surface area contributed by atoms with Gasteiger partial charge in [-0.2, -0.15) is 0 Å². The average Bonchev–Trinajstić information content (AvgIpc) is 2.96. The van der Waals surface area contributed by atoms with E-state index in [9.17, 15) is 0 Å². The van der Waals surface area contributed by atoms with Gasteiger partial charge in [-0.3, -0.25) is 0 Å². The number of fused-ring (bicyclic) bond motifs is 1. The molecule has 0 radical (unpaired) electrons. The fourth-order valence-corrected chi connectivity index (χ4v) is 3.90. The number of hydrogen-bond donors (Lipinski definition) is 0. The number of nitrogens with zero attached hydrogens (tertiary/aromatic N) is 2. The molecule has 2 aromatic rings. The van der Waals surface area contributed by atoms with Crippen molar-refractivity contribution in [3.05, 3.63) is 40.9 Å². The highest BCUT2D eigenvalue weighted by molar-refractivity contribution is 8.01. The predicted molar refractivity (Wildman–Crippen MR) is 68.1 cm³/mol. The SMILES string of the molecule is c1ccc2c(c1)CCC2CSc1nncs1. The lowest BCUT2D eigenvalue weighted by Crippen LogP contribution is -1.96. The van der Waals surface area contributed by atoms with Crippen molar-refractivity contribution in [3.8, 4) is 0 Å². The number of thioether (sulfide) groups is 1. The molecule has 1 aromatic carbocycles. The van der Waals surface area contributed by atoms with E-state index in [-0.39, 0.29) is 0 Å². The van der Waals surface area contributed by atoms with Crippen molar-refractivity contribution in [2.24, 2.45) is 0 Å². The summed E-state index contributed by atoms with van der Waals surface area (Å²) in [4.78, 5) is 0. The summed E-state index contributed by atoms with van der Waals surface area (Å²) < 4.78 is 1.09. The van der Waals surface area contributed by atoms with Gasteiger partial charge in [0, 0.05) is 5.75 Å². The van der Waals surface area contributed by atoms with Crippen molar-refractivity contribution in [1.82, 2.24) is 10.2 Å². The zero-order chi connectivity index (χ0) is 10.8. The smallest absolute Gasteiger partial charge is 0.146 e. The Hall–Kier alpha value is -0.870. The molecule has 1 atom stereocenters. The molecular weight excluding hydrogens is 236 g/mol. The van der Waals surface area contributed by atoms with Crippen LogP contribution in [0.15, 0.2) is 34.1 Å². The van der Waals surface area contributed by atoms with Crippen LogP contribution in [0.5, 0.6) is 0 Å². The van der Waals surface area contributed by atoms with E-state index in [0.29, 0.717) is 5.92 Å². The van der Waals surface area contributed by atoms with Crippen LogP contribution in [0.25, 0.3) is 0 Å². The van der Waals surface area contributed by atoms with Gasteiger partial charge in [-0.1, -0.05) is 47.4 Å². The molecular formula is C12H12N2S2. The summed E-state index contributed by atoms with van der Waals surface area (Å²) in [5.41, 5.74) is 4.87. The minimum absolute atomic E-state index is 0.699. The molecule has 0 saturated heterocycles. The highest BCUT2D eigenvalue weighted by Crippen LogP contribution is 2.36. The molecule has 1 aromatic heterocycles. The third-order valence-electron chi connectivity index (χ3n) is 3.01. The minimum Gasteiger partial charge on any atom is -0.146 e. The Labute approximate surface area is 103 Å². The summed E-state index contributed by atoms with van der Waals surface area (Å²) >= 11 is 3.46. The number of aryl methyl sites for hydroxylation is 1. The summed E-state index contributed by atoms with van der Waals surface area (Å²) in [6.07, 6.45) is 2.52. The molecule has 4 heteroatoms. The second-order valence-corrected chi connectivity index (χ2v) is 6.05. The maximum absolute atomic E-state index is 4.06. The van der Waals surface area contributed by atoms with Gasteiger partial charge in [0.05, 0.1) is 0 Å². The summed E-state index contributed by atoms with van der Waals surface area (Å²) in [6.45, 7) is 0. The van der Waals surface area contributed by atoms with Gasteiger partial charge in [0.15, 0.2) is 4.34 Å². The van der Waals surface area contributed by atoms with Gasteiger partial charge in [0.2, 0.25) is 0 Å². The van der Waals surface area contributed by atoms with E-state index in [1.807, 2.05) is 11.8 Å². The maximum Gasteiger partial charge on any atom is 0.174 e. The summed E-state index contributed by atoms with van der Waals surface area (Å²) in [7, 11) is 0. The minimum atomic E-state index is 0.699. The van der Waals surface area contributed by atoms with Gasteiger partial charge >= 0.3 is 0 Å². The van der Waals surface area contributed by atoms with Crippen LogP contribution in [0.3, 0.4) is 0 Å². The third-order valence-corrected chi connectivity index (χ3v) is 5.03. The maximum atomic E-state index is 4.06. The van der Waals surface area contributed by atoms with Gasteiger partial charge < -0.3 is 0 Å². The number of aromatic nitrogens is 2. The molecule has 16 heavy (non-hydrogen) atoms. The predicted octanol–water partition coefficient (Wildman–Crippen LogP) is 3.36. The standard InChI is InChI=1S/C12H12N2S2/c1-2-4-11-9(3-1)5-6-10(11)7-15-12-14-13-8-16-12/h1-4,8,10H,5-7H2. The Morgan fingerprint density at radius 3 is 3.19 bits per heavy atom. The lowest BCUT2D eigenvalue weighted by atomic mass is 10.0. The first-order valence-corrected chi connectivity index (χ1v) is 7.27. The van der Waals surface area contributed by atoms with Crippen molar-refractivity contribution in [2.75, 3.05) is 5.75 Å².